The number of halogens is 1. The molecule has 2 aromatic heterocycles. The minimum Gasteiger partial charge on any atom is -0.477 e. The van der Waals surface area contributed by atoms with Crippen molar-refractivity contribution in [1.29, 1.82) is 0 Å². The fraction of sp³-hybridized carbons (Fsp3) is 0. The first-order valence-corrected chi connectivity index (χ1v) is 6.63. The van der Waals surface area contributed by atoms with Crippen LogP contribution in [-0.2, 0) is 0 Å². The van der Waals surface area contributed by atoms with Crippen molar-refractivity contribution < 1.29 is 9.90 Å². The Balaban J connectivity index is 2.18. The topological polar surface area (TPSA) is 63.1 Å². The number of benzene rings is 1. The highest BCUT2D eigenvalue weighted by Crippen LogP contribution is 2.33. The summed E-state index contributed by atoms with van der Waals surface area (Å²) < 4.78 is 1.01. The Kier molecular flexibility index (Phi) is 2.93. The van der Waals surface area contributed by atoms with Crippen molar-refractivity contribution in [1.82, 2.24) is 9.97 Å². The Hall–Kier alpha value is -1.98. The van der Waals surface area contributed by atoms with E-state index in [0.29, 0.717) is 10.7 Å². The summed E-state index contributed by atoms with van der Waals surface area (Å²) in [7, 11) is 0. The van der Waals surface area contributed by atoms with E-state index in [1.807, 2.05) is 17.5 Å². The van der Waals surface area contributed by atoms with Gasteiger partial charge in [-0.05, 0) is 35.0 Å². The predicted molar refractivity (Wildman–Crippen MR) is 74.8 cm³/mol. The molecule has 94 valence electrons. The molecule has 0 aliphatic rings. The highest BCUT2D eigenvalue weighted by molar-refractivity contribution is 7.17. The molecule has 2 heterocycles. The standard InChI is InChI=1S/C13H7ClN2O2S/c14-9-4-8(3-7-1-2-19-12(7)9)10-5-11(13(17)18)16-6-15-10/h1-6H,(H,17,18). The third kappa shape index (κ3) is 2.18. The first-order valence-electron chi connectivity index (χ1n) is 5.37. The van der Waals surface area contributed by atoms with Crippen molar-refractivity contribution in [3.05, 3.63) is 46.7 Å². The lowest BCUT2D eigenvalue weighted by Crippen LogP contribution is -2.01. The Morgan fingerprint density at radius 3 is 2.89 bits per heavy atom. The average Bonchev–Trinajstić information content (AvgIpc) is 2.87. The summed E-state index contributed by atoms with van der Waals surface area (Å²) in [5.41, 5.74) is 1.29. The number of fused-ring (bicyclic) bond motifs is 1. The molecule has 0 atom stereocenters. The number of nitrogens with zero attached hydrogens (tertiary/aromatic N) is 2. The van der Waals surface area contributed by atoms with Crippen molar-refractivity contribution in [2.75, 3.05) is 0 Å². The van der Waals surface area contributed by atoms with Crippen LogP contribution in [0.4, 0.5) is 0 Å². The molecule has 6 heteroatoms. The Bertz CT molecular complexity index is 785. The first kappa shape index (κ1) is 12.1. The van der Waals surface area contributed by atoms with Crippen LogP contribution >= 0.6 is 22.9 Å². The predicted octanol–water partition coefficient (Wildman–Crippen LogP) is 3.71. The highest BCUT2D eigenvalue weighted by atomic mass is 35.5. The number of carboxylic acids is 1. The summed E-state index contributed by atoms with van der Waals surface area (Å²) >= 11 is 7.77. The van der Waals surface area contributed by atoms with Gasteiger partial charge in [0.2, 0.25) is 0 Å². The third-order valence-electron chi connectivity index (χ3n) is 2.69. The lowest BCUT2D eigenvalue weighted by atomic mass is 10.1. The summed E-state index contributed by atoms with van der Waals surface area (Å²) in [6, 6.07) is 7.13. The molecule has 0 saturated heterocycles. The first-order chi connectivity index (χ1) is 9.15. The zero-order valence-corrected chi connectivity index (χ0v) is 11.1. The molecule has 3 aromatic rings. The zero-order valence-electron chi connectivity index (χ0n) is 9.50. The molecule has 0 fully saturated rings. The number of hydrogen-bond donors (Lipinski definition) is 1. The second-order valence-electron chi connectivity index (χ2n) is 3.89. The molecule has 19 heavy (non-hydrogen) atoms. The molecule has 0 unspecified atom stereocenters. The van der Waals surface area contributed by atoms with E-state index < -0.39 is 5.97 Å². The highest BCUT2D eigenvalue weighted by Gasteiger charge is 2.10. The Labute approximate surface area is 117 Å². The molecule has 0 amide bonds. The van der Waals surface area contributed by atoms with E-state index in [1.165, 1.54) is 12.4 Å². The second-order valence-corrected chi connectivity index (χ2v) is 5.21. The number of aromatic carboxylic acids is 1. The van der Waals surface area contributed by atoms with E-state index in [1.54, 1.807) is 17.4 Å². The molecule has 1 aromatic carbocycles. The average molecular weight is 291 g/mol. The van der Waals surface area contributed by atoms with Gasteiger partial charge < -0.3 is 5.11 Å². The largest absolute Gasteiger partial charge is 0.477 e. The van der Waals surface area contributed by atoms with Gasteiger partial charge in [0.1, 0.15) is 6.33 Å². The van der Waals surface area contributed by atoms with Crippen molar-refractivity contribution in [3.8, 4) is 11.3 Å². The molecule has 4 nitrogen and oxygen atoms in total. The minimum absolute atomic E-state index is 0.0356. The Morgan fingerprint density at radius 1 is 1.26 bits per heavy atom. The molecular formula is C13H7ClN2O2S. The van der Waals surface area contributed by atoms with Crippen LogP contribution in [0.3, 0.4) is 0 Å². The molecule has 1 N–H and O–H groups in total. The van der Waals surface area contributed by atoms with E-state index >= 15 is 0 Å². The third-order valence-corrected chi connectivity index (χ3v) is 4.06. The zero-order chi connectivity index (χ0) is 13.4. The minimum atomic E-state index is -1.08. The van der Waals surface area contributed by atoms with Gasteiger partial charge >= 0.3 is 5.97 Å². The van der Waals surface area contributed by atoms with E-state index in [9.17, 15) is 4.79 Å². The molecular weight excluding hydrogens is 284 g/mol. The fourth-order valence-electron chi connectivity index (χ4n) is 1.82. The molecule has 3 rings (SSSR count). The van der Waals surface area contributed by atoms with Gasteiger partial charge in [0.25, 0.3) is 0 Å². The number of thiophene rings is 1. The normalized spacial score (nSPS) is 10.8. The molecule has 0 spiro atoms. The molecule has 0 aliphatic heterocycles. The van der Waals surface area contributed by atoms with E-state index in [2.05, 4.69) is 9.97 Å². The fourth-order valence-corrected chi connectivity index (χ4v) is 2.96. The van der Waals surface area contributed by atoms with Gasteiger partial charge in [-0.25, -0.2) is 14.8 Å². The van der Waals surface area contributed by atoms with Crippen molar-refractivity contribution in [2.24, 2.45) is 0 Å². The maximum atomic E-state index is 10.9. The maximum absolute atomic E-state index is 10.9. The second kappa shape index (κ2) is 4.60. The van der Waals surface area contributed by atoms with Crippen LogP contribution in [0, 0.1) is 0 Å². The number of carboxylic acid groups (broad SMARTS) is 1. The van der Waals surface area contributed by atoms with Gasteiger partial charge in [-0.15, -0.1) is 11.3 Å². The van der Waals surface area contributed by atoms with Crippen molar-refractivity contribution in [2.45, 2.75) is 0 Å². The molecule has 0 radical (unpaired) electrons. The molecule has 0 saturated carbocycles. The van der Waals surface area contributed by atoms with Crippen LogP contribution < -0.4 is 0 Å². The van der Waals surface area contributed by atoms with Gasteiger partial charge in [-0.3, -0.25) is 0 Å². The van der Waals surface area contributed by atoms with E-state index in [0.717, 1.165) is 15.6 Å². The van der Waals surface area contributed by atoms with Gasteiger partial charge in [0, 0.05) is 5.56 Å². The lowest BCUT2D eigenvalue weighted by molar-refractivity contribution is 0.0690. The number of hydrogen-bond acceptors (Lipinski definition) is 4. The van der Waals surface area contributed by atoms with Gasteiger partial charge in [0.05, 0.1) is 15.4 Å². The van der Waals surface area contributed by atoms with Crippen LogP contribution in [0.5, 0.6) is 0 Å². The van der Waals surface area contributed by atoms with Gasteiger partial charge in [0.15, 0.2) is 5.69 Å². The quantitative estimate of drug-likeness (QED) is 0.781. The SMILES string of the molecule is O=C(O)c1cc(-c2cc(Cl)c3sccc3c2)ncn1. The smallest absolute Gasteiger partial charge is 0.354 e. The monoisotopic (exact) mass is 290 g/mol. The summed E-state index contributed by atoms with van der Waals surface area (Å²) in [5.74, 6) is -1.08. The van der Waals surface area contributed by atoms with Crippen LogP contribution in [0.15, 0.2) is 36.0 Å². The van der Waals surface area contributed by atoms with Crippen LogP contribution in [0.2, 0.25) is 5.02 Å². The summed E-state index contributed by atoms with van der Waals surface area (Å²) in [6.45, 7) is 0. The van der Waals surface area contributed by atoms with Crippen molar-refractivity contribution >= 4 is 39.0 Å². The van der Waals surface area contributed by atoms with E-state index in [4.69, 9.17) is 16.7 Å². The van der Waals surface area contributed by atoms with Crippen molar-refractivity contribution in [3.63, 3.8) is 0 Å². The molecule has 0 aliphatic carbocycles. The number of aromatic nitrogens is 2. The summed E-state index contributed by atoms with van der Waals surface area (Å²) in [6.07, 6.45) is 1.24. The number of rotatable bonds is 2. The van der Waals surface area contributed by atoms with Crippen LogP contribution in [-0.4, -0.2) is 21.0 Å². The van der Waals surface area contributed by atoms with E-state index in [-0.39, 0.29) is 5.69 Å². The Morgan fingerprint density at radius 2 is 2.11 bits per heavy atom. The lowest BCUT2D eigenvalue weighted by Gasteiger charge is -2.03. The van der Waals surface area contributed by atoms with Gasteiger partial charge in [-0.1, -0.05) is 11.6 Å². The maximum Gasteiger partial charge on any atom is 0.354 e. The van der Waals surface area contributed by atoms with Gasteiger partial charge in [-0.2, -0.15) is 0 Å². The summed E-state index contributed by atoms with van der Waals surface area (Å²) in [4.78, 5) is 18.7. The summed E-state index contributed by atoms with van der Waals surface area (Å²) in [5, 5.41) is 12.5. The number of carbonyl (C=O) groups is 1. The molecule has 0 bridgehead atoms. The van der Waals surface area contributed by atoms with Crippen LogP contribution in [0.25, 0.3) is 21.3 Å². The van der Waals surface area contributed by atoms with Crippen LogP contribution in [0.1, 0.15) is 10.5 Å².